The van der Waals surface area contributed by atoms with E-state index in [1.807, 2.05) is 48.7 Å². The molecule has 0 aliphatic rings. The van der Waals surface area contributed by atoms with Gasteiger partial charge in [-0.2, -0.15) is 0 Å². The number of aromatic nitrogens is 1. The van der Waals surface area contributed by atoms with E-state index in [1.54, 1.807) is 50.2 Å². The van der Waals surface area contributed by atoms with Gasteiger partial charge in [0.2, 0.25) is 0 Å². The van der Waals surface area contributed by atoms with Crippen LogP contribution in [0.1, 0.15) is 85.1 Å². The summed E-state index contributed by atoms with van der Waals surface area (Å²) in [5, 5.41) is 33.0. The molecule has 0 saturated heterocycles. The highest BCUT2D eigenvalue weighted by Gasteiger charge is 2.30. The number of esters is 1. The molecule has 1 amide bonds. The van der Waals surface area contributed by atoms with Crippen LogP contribution >= 0.6 is 0 Å². The van der Waals surface area contributed by atoms with Crippen LogP contribution in [-0.4, -0.2) is 56.0 Å². The van der Waals surface area contributed by atoms with E-state index in [-0.39, 0.29) is 43.9 Å². The number of ether oxygens (including phenoxy) is 1. The lowest BCUT2D eigenvalue weighted by molar-refractivity contribution is -0.139. The molecule has 4 aromatic rings. The number of carbonyl (C=O) groups is 3. The number of halogens is 1. The summed E-state index contributed by atoms with van der Waals surface area (Å²) in [6.45, 7) is 7.63. The second-order valence-corrected chi connectivity index (χ2v) is 12.4. The smallest absolute Gasteiger partial charge is 0.338 e. The van der Waals surface area contributed by atoms with E-state index in [0.29, 0.717) is 27.9 Å². The van der Waals surface area contributed by atoms with Crippen molar-refractivity contribution < 1.29 is 38.8 Å². The van der Waals surface area contributed by atoms with Crippen LogP contribution in [0.5, 0.6) is 0 Å². The molecule has 0 saturated carbocycles. The number of nitrogens with zero attached hydrogens (tertiary/aromatic N) is 1. The average Bonchev–Trinajstić information content (AvgIpc) is 3.38. The molecular formula is C38H43FN2O7. The fraction of sp³-hybridized carbons (Fsp3) is 0.342. The van der Waals surface area contributed by atoms with Crippen molar-refractivity contribution in [3.05, 3.63) is 107 Å². The average molecular weight is 659 g/mol. The Kier molecular flexibility index (Phi) is 12.3. The summed E-state index contributed by atoms with van der Waals surface area (Å²) < 4.78 is 21.3. The van der Waals surface area contributed by atoms with E-state index in [4.69, 9.17) is 9.84 Å². The molecule has 1 aromatic heterocycles. The van der Waals surface area contributed by atoms with E-state index >= 15 is 0 Å². The Balaban J connectivity index is 1.77. The summed E-state index contributed by atoms with van der Waals surface area (Å²) in [6, 6.07) is 22.1. The zero-order valence-electron chi connectivity index (χ0n) is 27.7. The van der Waals surface area contributed by atoms with Crippen molar-refractivity contribution in [1.29, 1.82) is 0 Å². The van der Waals surface area contributed by atoms with Crippen LogP contribution in [0.3, 0.4) is 0 Å². The van der Waals surface area contributed by atoms with E-state index in [9.17, 15) is 29.0 Å². The first-order valence-electron chi connectivity index (χ1n) is 16.1. The molecule has 4 rings (SSSR count). The van der Waals surface area contributed by atoms with Gasteiger partial charge in [-0.15, -0.1) is 0 Å². The number of hydrogen-bond donors (Lipinski definition) is 4. The van der Waals surface area contributed by atoms with E-state index in [1.165, 1.54) is 12.1 Å². The minimum Gasteiger partial charge on any atom is -0.481 e. The largest absolute Gasteiger partial charge is 0.481 e. The predicted octanol–water partition coefficient (Wildman–Crippen LogP) is 6.56. The Bertz CT molecular complexity index is 1700. The third-order valence-corrected chi connectivity index (χ3v) is 7.89. The first-order chi connectivity index (χ1) is 22.8. The third kappa shape index (κ3) is 9.17. The maximum Gasteiger partial charge on any atom is 0.338 e. The number of nitrogens with one attached hydrogen (secondary N) is 1. The second kappa shape index (κ2) is 16.3. The molecule has 3 aromatic carbocycles. The van der Waals surface area contributed by atoms with Crippen LogP contribution in [-0.2, 0) is 22.5 Å². The SMILES string of the molecule is CC(C)OC(=O)c1ccc(CNC(=O)c2c(-c3ccccc3)c(-c3ccc(F)cc3)c(CC[C@@H](O)C[C@@H](O)CC(=O)O)n2C(C)C)cc1. The van der Waals surface area contributed by atoms with Crippen molar-refractivity contribution >= 4 is 17.8 Å². The Hall–Kier alpha value is -4.80. The molecule has 0 radical (unpaired) electrons. The third-order valence-electron chi connectivity index (χ3n) is 7.89. The first-order valence-corrected chi connectivity index (χ1v) is 16.1. The summed E-state index contributed by atoms with van der Waals surface area (Å²) >= 11 is 0. The molecular weight excluding hydrogens is 615 g/mol. The molecule has 0 unspecified atom stereocenters. The molecule has 0 bridgehead atoms. The number of aliphatic hydroxyl groups is 2. The fourth-order valence-electron chi connectivity index (χ4n) is 5.82. The number of benzene rings is 3. The zero-order chi connectivity index (χ0) is 35.0. The van der Waals surface area contributed by atoms with Gasteiger partial charge in [0.25, 0.3) is 5.91 Å². The Morgan fingerprint density at radius 1 is 0.833 bits per heavy atom. The van der Waals surface area contributed by atoms with Crippen molar-refractivity contribution in [1.82, 2.24) is 9.88 Å². The minimum atomic E-state index is -1.21. The van der Waals surface area contributed by atoms with E-state index in [2.05, 4.69) is 5.32 Å². The van der Waals surface area contributed by atoms with Crippen LogP contribution < -0.4 is 5.32 Å². The molecule has 254 valence electrons. The minimum absolute atomic E-state index is 0.118. The van der Waals surface area contributed by atoms with Crippen molar-refractivity contribution in [3.63, 3.8) is 0 Å². The van der Waals surface area contributed by atoms with Crippen molar-refractivity contribution in [2.24, 2.45) is 0 Å². The van der Waals surface area contributed by atoms with Crippen molar-refractivity contribution in [2.45, 2.75) is 84.3 Å². The quantitative estimate of drug-likeness (QED) is 0.106. The highest BCUT2D eigenvalue weighted by molar-refractivity contribution is 6.05. The maximum absolute atomic E-state index is 14.3. The first kappa shape index (κ1) is 36.0. The summed E-state index contributed by atoms with van der Waals surface area (Å²) in [5.74, 6) is -2.34. The molecule has 4 N–H and O–H groups in total. The molecule has 10 heteroatoms. The van der Waals surface area contributed by atoms with Gasteiger partial charge in [0.1, 0.15) is 11.5 Å². The summed E-state index contributed by atoms with van der Waals surface area (Å²) in [7, 11) is 0. The number of carboxylic acid groups (broad SMARTS) is 1. The molecule has 1 heterocycles. The van der Waals surface area contributed by atoms with Gasteiger partial charge >= 0.3 is 11.9 Å². The monoisotopic (exact) mass is 658 g/mol. The second-order valence-electron chi connectivity index (χ2n) is 12.4. The van der Waals surface area contributed by atoms with E-state index in [0.717, 1.165) is 16.8 Å². The summed E-state index contributed by atoms with van der Waals surface area (Å²) in [6.07, 6.45) is -2.59. The Morgan fingerprint density at radius 3 is 2.04 bits per heavy atom. The number of amides is 1. The number of carbonyl (C=O) groups excluding carboxylic acids is 2. The van der Waals surface area contributed by atoms with Gasteiger partial charge in [0.15, 0.2) is 0 Å². The molecule has 2 atom stereocenters. The summed E-state index contributed by atoms with van der Waals surface area (Å²) in [4.78, 5) is 37.6. The fourth-order valence-corrected chi connectivity index (χ4v) is 5.82. The zero-order valence-corrected chi connectivity index (χ0v) is 27.7. The van der Waals surface area contributed by atoms with Crippen molar-refractivity contribution in [3.8, 4) is 22.3 Å². The molecule has 0 aliphatic heterocycles. The molecule has 9 nitrogen and oxygen atoms in total. The lowest BCUT2D eigenvalue weighted by Crippen LogP contribution is -2.27. The topological polar surface area (TPSA) is 138 Å². The van der Waals surface area contributed by atoms with Gasteiger partial charge in [-0.3, -0.25) is 9.59 Å². The maximum atomic E-state index is 14.3. The number of hydrogen-bond acceptors (Lipinski definition) is 6. The van der Waals surface area contributed by atoms with Crippen molar-refractivity contribution in [2.75, 3.05) is 0 Å². The van der Waals surface area contributed by atoms with Gasteiger partial charge in [-0.25, -0.2) is 9.18 Å². The van der Waals surface area contributed by atoms with Crippen LogP contribution in [0.4, 0.5) is 4.39 Å². The van der Waals surface area contributed by atoms with Gasteiger partial charge in [-0.1, -0.05) is 54.6 Å². The van der Waals surface area contributed by atoms with Gasteiger partial charge in [0.05, 0.1) is 30.3 Å². The van der Waals surface area contributed by atoms with E-state index < -0.39 is 36.4 Å². The highest BCUT2D eigenvalue weighted by Crippen LogP contribution is 2.42. The van der Waals surface area contributed by atoms with Gasteiger partial charge < -0.3 is 29.9 Å². The van der Waals surface area contributed by atoms with Gasteiger partial charge in [-0.05, 0) is 87.9 Å². The Morgan fingerprint density at radius 2 is 1.46 bits per heavy atom. The number of rotatable bonds is 15. The molecule has 0 aliphatic carbocycles. The predicted molar refractivity (Wildman–Crippen MR) is 181 cm³/mol. The van der Waals surface area contributed by atoms with Crippen LogP contribution in [0.25, 0.3) is 22.3 Å². The van der Waals surface area contributed by atoms with Crippen LogP contribution in [0, 0.1) is 5.82 Å². The number of aliphatic hydroxyl groups excluding tert-OH is 2. The summed E-state index contributed by atoms with van der Waals surface area (Å²) in [5.41, 5.74) is 5.13. The van der Waals surface area contributed by atoms with Crippen LogP contribution in [0.2, 0.25) is 0 Å². The standard InChI is InChI=1S/C38H43FN2O7/c1-23(2)41-32(19-18-30(42)20-31(43)21-33(44)45)34(27-14-16-29(39)17-15-27)35(26-8-6-5-7-9-26)36(41)37(46)40-22-25-10-12-28(13-11-25)38(47)48-24(3)4/h5-17,23-24,30-31,42-43H,18-22H2,1-4H3,(H,40,46)(H,44,45)/t30-,31-/m1/s1. The number of carboxylic acids is 1. The lowest BCUT2D eigenvalue weighted by atomic mass is 9.92. The molecule has 48 heavy (non-hydrogen) atoms. The normalized spacial score (nSPS) is 12.6. The number of aliphatic carboxylic acids is 1. The van der Waals surface area contributed by atoms with Crippen LogP contribution in [0.15, 0.2) is 78.9 Å². The molecule has 0 fully saturated rings. The van der Waals surface area contributed by atoms with Gasteiger partial charge in [0, 0.05) is 29.4 Å². The Labute approximate surface area is 280 Å². The highest BCUT2D eigenvalue weighted by atomic mass is 19.1. The molecule has 0 spiro atoms. The lowest BCUT2D eigenvalue weighted by Gasteiger charge is -2.20.